The summed E-state index contributed by atoms with van der Waals surface area (Å²) in [7, 11) is 5.70. The second kappa shape index (κ2) is 7.21. The van der Waals surface area contributed by atoms with E-state index in [0.29, 0.717) is 12.5 Å². The third-order valence-electron chi connectivity index (χ3n) is 5.43. The Morgan fingerprint density at radius 1 is 1.29 bits per heavy atom. The molecule has 134 valence electrons. The first-order valence-corrected chi connectivity index (χ1v) is 8.61. The van der Waals surface area contributed by atoms with Crippen molar-refractivity contribution in [1.29, 1.82) is 0 Å². The molecular weight excluding hydrogens is 308 g/mol. The SMILES string of the molecule is COc1nccnc1N1CCC2(CC1)[C@H](O)C[C@@H]2OCCN(C)C. The van der Waals surface area contributed by atoms with Gasteiger partial charge in [-0.15, -0.1) is 0 Å². The molecule has 1 aromatic heterocycles. The van der Waals surface area contributed by atoms with E-state index in [2.05, 4.69) is 19.8 Å². The van der Waals surface area contributed by atoms with Gasteiger partial charge < -0.3 is 24.4 Å². The lowest BCUT2D eigenvalue weighted by atomic mass is 9.58. The highest BCUT2D eigenvalue weighted by Gasteiger charge is 2.56. The first-order valence-electron chi connectivity index (χ1n) is 8.61. The van der Waals surface area contributed by atoms with Crippen molar-refractivity contribution in [3.8, 4) is 5.88 Å². The number of anilines is 1. The number of rotatable bonds is 6. The average molecular weight is 336 g/mol. The number of piperidine rings is 1. The van der Waals surface area contributed by atoms with Crippen molar-refractivity contribution in [3.63, 3.8) is 0 Å². The van der Waals surface area contributed by atoms with E-state index in [1.165, 1.54) is 0 Å². The predicted octanol–water partition coefficient (Wildman–Crippen LogP) is 0.783. The van der Waals surface area contributed by atoms with Gasteiger partial charge in [-0.1, -0.05) is 0 Å². The van der Waals surface area contributed by atoms with Gasteiger partial charge in [-0.05, 0) is 26.9 Å². The Labute approximate surface area is 143 Å². The number of hydrogen-bond donors (Lipinski definition) is 1. The summed E-state index contributed by atoms with van der Waals surface area (Å²) in [6.07, 6.45) is 5.79. The molecule has 2 heterocycles. The van der Waals surface area contributed by atoms with Crippen molar-refractivity contribution in [2.24, 2.45) is 5.41 Å². The van der Waals surface area contributed by atoms with Crippen molar-refractivity contribution >= 4 is 5.82 Å². The lowest BCUT2D eigenvalue weighted by Gasteiger charge is -2.56. The molecule has 2 aliphatic rings. The number of aromatic nitrogens is 2. The van der Waals surface area contributed by atoms with Gasteiger partial charge >= 0.3 is 0 Å². The summed E-state index contributed by atoms with van der Waals surface area (Å²) >= 11 is 0. The summed E-state index contributed by atoms with van der Waals surface area (Å²) in [5, 5.41) is 10.4. The summed E-state index contributed by atoms with van der Waals surface area (Å²) in [6, 6.07) is 0. The number of aliphatic hydroxyl groups is 1. The molecule has 1 aromatic rings. The molecule has 0 bridgehead atoms. The summed E-state index contributed by atoms with van der Waals surface area (Å²) in [6.45, 7) is 3.29. The van der Waals surface area contributed by atoms with Crippen LogP contribution in [0.4, 0.5) is 5.82 Å². The molecule has 7 nitrogen and oxygen atoms in total. The van der Waals surface area contributed by atoms with Crippen LogP contribution in [0.1, 0.15) is 19.3 Å². The molecule has 2 fully saturated rings. The number of ether oxygens (including phenoxy) is 2. The van der Waals surface area contributed by atoms with Gasteiger partial charge in [0.25, 0.3) is 5.88 Å². The molecule has 1 aliphatic heterocycles. The van der Waals surface area contributed by atoms with E-state index < -0.39 is 0 Å². The normalized spacial score (nSPS) is 25.8. The minimum atomic E-state index is -0.257. The number of likely N-dealkylation sites (N-methyl/N-ethyl adjacent to an activating group) is 1. The van der Waals surface area contributed by atoms with Crippen molar-refractivity contribution in [2.75, 3.05) is 52.3 Å². The minimum Gasteiger partial charge on any atom is -0.478 e. The van der Waals surface area contributed by atoms with Gasteiger partial charge in [0.2, 0.25) is 0 Å². The molecule has 24 heavy (non-hydrogen) atoms. The second-order valence-corrected chi connectivity index (χ2v) is 7.02. The van der Waals surface area contributed by atoms with Crippen molar-refractivity contribution < 1.29 is 14.6 Å². The quantitative estimate of drug-likeness (QED) is 0.823. The van der Waals surface area contributed by atoms with Crippen LogP contribution >= 0.6 is 0 Å². The Bertz CT molecular complexity index is 546. The van der Waals surface area contributed by atoms with E-state index >= 15 is 0 Å². The molecular formula is C17H28N4O3. The number of aliphatic hydroxyl groups excluding tert-OH is 1. The fourth-order valence-electron chi connectivity index (χ4n) is 3.81. The Balaban J connectivity index is 1.60. The molecule has 0 radical (unpaired) electrons. The maximum absolute atomic E-state index is 10.4. The molecule has 0 unspecified atom stereocenters. The molecule has 0 amide bonds. The van der Waals surface area contributed by atoms with E-state index in [-0.39, 0.29) is 17.6 Å². The zero-order valence-electron chi connectivity index (χ0n) is 14.8. The molecule has 7 heteroatoms. The van der Waals surface area contributed by atoms with Gasteiger partial charge in [0, 0.05) is 43.9 Å². The van der Waals surface area contributed by atoms with Crippen molar-refractivity contribution in [1.82, 2.24) is 14.9 Å². The Morgan fingerprint density at radius 2 is 2.00 bits per heavy atom. The van der Waals surface area contributed by atoms with Crippen LogP contribution in [0, 0.1) is 5.41 Å². The lowest BCUT2D eigenvalue weighted by molar-refractivity contribution is -0.202. The van der Waals surface area contributed by atoms with Gasteiger partial charge in [0.05, 0.1) is 25.9 Å². The molecule has 3 rings (SSSR count). The highest BCUT2D eigenvalue weighted by atomic mass is 16.5. The molecule has 2 atom stereocenters. The molecule has 1 spiro atoms. The zero-order valence-corrected chi connectivity index (χ0v) is 14.8. The molecule has 0 aromatic carbocycles. The standard InChI is InChI=1S/C17H28N4O3/c1-20(2)10-11-24-14-12-13(22)17(14)4-8-21(9-5-17)15-16(23-3)19-7-6-18-15/h6-7,13-14,22H,4-5,8-12H2,1-3H3/t13-,14+/m1/s1. The fourth-order valence-corrected chi connectivity index (χ4v) is 3.81. The van der Waals surface area contributed by atoms with E-state index in [0.717, 1.165) is 44.7 Å². The van der Waals surface area contributed by atoms with Crippen LogP contribution in [0.15, 0.2) is 12.4 Å². The fraction of sp³-hybridized carbons (Fsp3) is 0.765. The monoisotopic (exact) mass is 336 g/mol. The highest BCUT2D eigenvalue weighted by Crippen LogP contribution is 2.51. The van der Waals surface area contributed by atoms with Crippen LogP contribution in [0.25, 0.3) is 0 Å². The minimum absolute atomic E-state index is 0.0990. The van der Waals surface area contributed by atoms with E-state index in [1.54, 1.807) is 19.5 Å². The van der Waals surface area contributed by atoms with Gasteiger partial charge in [0.1, 0.15) is 0 Å². The van der Waals surface area contributed by atoms with E-state index in [4.69, 9.17) is 9.47 Å². The summed E-state index contributed by atoms with van der Waals surface area (Å²) in [4.78, 5) is 12.9. The summed E-state index contributed by atoms with van der Waals surface area (Å²) in [5.74, 6) is 1.34. The first kappa shape index (κ1) is 17.4. The Hall–Kier alpha value is -1.44. The maximum atomic E-state index is 10.4. The summed E-state index contributed by atoms with van der Waals surface area (Å²) in [5.41, 5.74) is -0.0990. The molecule has 1 saturated carbocycles. The lowest BCUT2D eigenvalue weighted by Crippen LogP contribution is -2.62. The average Bonchev–Trinajstić information content (AvgIpc) is 2.61. The van der Waals surface area contributed by atoms with Gasteiger partial charge in [-0.2, -0.15) is 0 Å². The third-order valence-corrected chi connectivity index (χ3v) is 5.43. The number of hydrogen-bond acceptors (Lipinski definition) is 7. The van der Waals surface area contributed by atoms with Crippen LogP contribution in [-0.4, -0.2) is 79.6 Å². The first-order chi connectivity index (χ1) is 11.6. The van der Waals surface area contributed by atoms with Crippen LogP contribution < -0.4 is 9.64 Å². The van der Waals surface area contributed by atoms with Gasteiger partial charge in [0.15, 0.2) is 5.82 Å². The largest absolute Gasteiger partial charge is 0.478 e. The van der Waals surface area contributed by atoms with Crippen LogP contribution in [0.3, 0.4) is 0 Å². The maximum Gasteiger partial charge on any atom is 0.257 e. The molecule has 1 N–H and O–H groups in total. The highest BCUT2D eigenvalue weighted by molar-refractivity contribution is 5.48. The molecule has 1 saturated heterocycles. The predicted molar refractivity (Wildman–Crippen MR) is 91.4 cm³/mol. The van der Waals surface area contributed by atoms with Crippen molar-refractivity contribution in [3.05, 3.63) is 12.4 Å². The van der Waals surface area contributed by atoms with E-state index in [1.807, 2.05) is 14.1 Å². The molecule has 1 aliphatic carbocycles. The van der Waals surface area contributed by atoms with Crippen LogP contribution in [0.2, 0.25) is 0 Å². The van der Waals surface area contributed by atoms with Gasteiger partial charge in [-0.3, -0.25) is 0 Å². The Kier molecular flexibility index (Phi) is 5.22. The summed E-state index contributed by atoms with van der Waals surface area (Å²) < 4.78 is 11.4. The Morgan fingerprint density at radius 3 is 2.62 bits per heavy atom. The van der Waals surface area contributed by atoms with Crippen LogP contribution in [0.5, 0.6) is 5.88 Å². The second-order valence-electron chi connectivity index (χ2n) is 7.02. The topological polar surface area (TPSA) is 71.0 Å². The van der Waals surface area contributed by atoms with Crippen LogP contribution in [-0.2, 0) is 4.74 Å². The number of methoxy groups -OCH3 is 1. The van der Waals surface area contributed by atoms with Crippen molar-refractivity contribution in [2.45, 2.75) is 31.5 Å². The number of nitrogens with zero attached hydrogens (tertiary/aromatic N) is 4. The van der Waals surface area contributed by atoms with Gasteiger partial charge in [-0.25, -0.2) is 9.97 Å². The third kappa shape index (κ3) is 3.20. The van der Waals surface area contributed by atoms with E-state index in [9.17, 15) is 5.11 Å². The smallest absolute Gasteiger partial charge is 0.257 e. The zero-order chi connectivity index (χ0) is 17.2.